The van der Waals surface area contributed by atoms with Gasteiger partial charge in [0.25, 0.3) is 0 Å². The van der Waals surface area contributed by atoms with Crippen molar-refractivity contribution in [3.8, 4) is 0 Å². The Morgan fingerprint density at radius 1 is 1.37 bits per heavy atom. The second-order valence-electron chi connectivity index (χ2n) is 6.02. The molecule has 1 saturated heterocycles. The number of benzene rings is 1. The SMILES string of the molecule is CCNC(=NCCN1C(=O)CNC1=O)NC(C)c1cc2ccccc2o1.I. The van der Waals surface area contributed by atoms with Gasteiger partial charge in [-0.1, -0.05) is 18.2 Å². The summed E-state index contributed by atoms with van der Waals surface area (Å²) < 4.78 is 5.87. The van der Waals surface area contributed by atoms with Gasteiger partial charge >= 0.3 is 6.03 Å². The number of urea groups is 1. The van der Waals surface area contributed by atoms with E-state index in [0.29, 0.717) is 19.0 Å². The Morgan fingerprint density at radius 2 is 2.15 bits per heavy atom. The fraction of sp³-hybridized carbons (Fsp3) is 0.389. The molecule has 0 radical (unpaired) electrons. The van der Waals surface area contributed by atoms with Crippen LogP contribution in [0.25, 0.3) is 11.0 Å². The van der Waals surface area contributed by atoms with Gasteiger partial charge in [-0.15, -0.1) is 24.0 Å². The highest BCUT2D eigenvalue weighted by Gasteiger charge is 2.27. The third-order valence-electron chi connectivity index (χ3n) is 4.10. The van der Waals surface area contributed by atoms with E-state index in [9.17, 15) is 9.59 Å². The molecule has 3 N–H and O–H groups in total. The molecule has 1 atom stereocenters. The number of amides is 3. The standard InChI is InChI=1S/C18H23N5O3.HI/c1-3-19-17(20-8-9-23-16(24)11-21-18(23)25)22-12(2)15-10-13-6-4-5-7-14(13)26-15;/h4-7,10,12H,3,8-9,11H2,1-2H3,(H,21,25)(H2,19,20,22);1H. The van der Waals surface area contributed by atoms with Crippen molar-refractivity contribution in [3.63, 3.8) is 0 Å². The van der Waals surface area contributed by atoms with Crippen LogP contribution in [0.15, 0.2) is 39.7 Å². The van der Waals surface area contributed by atoms with Crippen LogP contribution in [0.4, 0.5) is 4.79 Å². The number of carbonyl (C=O) groups is 2. The van der Waals surface area contributed by atoms with Crippen LogP contribution in [0.1, 0.15) is 25.6 Å². The van der Waals surface area contributed by atoms with Gasteiger partial charge in [0, 0.05) is 11.9 Å². The molecule has 9 heteroatoms. The summed E-state index contributed by atoms with van der Waals surface area (Å²) in [6.45, 7) is 5.29. The van der Waals surface area contributed by atoms with Crippen molar-refractivity contribution in [1.29, 1.82) is 0 Å². The van der Waals surface area contributed by atoms with Crippen molar-refractivity contribution < 1.29 is 14.0 Å². The van der Waals surface area contributed by atoms with E-state index in [-0.39, 0.29) is 55.0 Å². The van der Waals surface area contributed by atoms with E-state index in [1.54, 1.807) is 0 Å². The van der Waals surface area contributed by atoms with Crippen LogP contribution >= 0.6 is 24.0 Å². The Hall–Kier alpha value is -2.30. The summed E-state index contributed by atoms with van der Waals surface area (Å²) in [5.74, 6) is 1.19. The second-order valence-corrected chi connectivity index (χ2v) is 6.02. The molecule has 1 aliphatic rings. The molecular weight excluding hydrogens is 461 g/mol. The topological polar surface area (TPSA) is 99.0 Å². The number of para-hydroxylation sites is 1. The van der Waals surface area contributed by atoms with Crippen molar-refractivity contribution in [2.75, 3.05) is 26.2 Å². The highest BCUT2D eigenvalue weighted by atomic mass is 127. The molecule has 0 spiro atoms. The minimum atomic E-state index is -0.362. The van der Waals surface area contributed by atoms with E-state index in [1.807, 2.05) is 44.2 Å². The monoisotopic (exact) mass is 485 g/mol. The summed E-state index contributed by atoms with van der Waals surface area (Å²) in [6.07, 6.45) is 0. The number of nitrogens with one attached hydrogen (secondary N) is 3. The number of hydrogen-bond acceptors (Lipinski definition) is 4. The number of furan rings is 1. The summed E-state index contributed by atoms with van der Waals surface area (Å²) >= 11 is 0. The highest BCUT2D eigenvalue weighted by molar-refractivity contribution is 14.0. The fourth-order valence-corrected chi connectivity index (χ4v) is 2.76. The Labute approximate surface area is 174 Å². The minimum Gasteiger partial charge on any atom is -0.459 e. The van der Waals surface area contributed by atoms with Gasteiger partial charge < -0.3 is 20.4 Å². The number of imide groups is 1. The van der Waals surface area contributed by atoms with Gasteiger partial charge in [-0.05, 0) is 26.0 Å². The summed E-state index contributed by atoms with van der Waals surface area (Å²) in [5, 5.41) is 9.99. The molecule has 146 valence electrons. The van der Waals surface area contributed by atoms with Crippen molar-refractivity contribution >= 4 is 52.8 Å². The molecule has 0 saturated carbocycles. The van der Waals surface area contributed by atoms with E-state index >= 15 is 0 Å². The molecule has 1 fully saturated rings. The van der Waals surface area contributed by atoms with E-state index < -0.39 is 0 Å². The zero-order valence-corrected chi connectivity index (χ0v) is 17.7. The summed E-state index contributed by atoms with van der Waals surface area (Å²) in [7, 11) is 0. The van der Waals surface area contributed by atoms with Gasteiger partial charge in [-0.25, -0.2) is 4.79 Å². The quantitative estimate of drug-likeness (QED) is 0.252. The maximum Gasteiger partial charge on any atom is 0.324 e. The number of nitrogens with zero attached hydrogens (tertiary/aromatic N) is 2. The summed E-state index contributed by atoms with van der Waals surface area (Å²) in [6, 6.07) is 9.41. The molecule has 1 aliphatic heterocycles. The molecule has 2 aromatic rings. The molecule has 2 heterocycles. The number of rotatable bonds is 6. The smallest absolute Gasteiger partial charge is 0.324 e. The Balaban J connectivity index is 0.00000261. The lowest BCUT2D eigenvalue weighted by atomic mass is 10.2. The van der Waals surface area contributed by atoms with Crippen LogP contribution in [0.2, 0.25) is 0 Å². The van der Waals surface area contributed by atoms with Crippen molar-refractivity contribution in [2.45, 2.75) is 19.9 Å². The molecule has 1 aromatic carbocycles. The van der Waals surface area contributed by atoms with Crippen LogP contribution in [0.5, 0.6) is 0 Å². The van der Waals surface area contributed by atoms with Crippen LogP contribution < -0.4 is 16.0 Å². The lowest BCUT2D eigenvalue weighted by Crippen LogP contribution is -2.39. The van der Waals surface area contributed by atoms with Gasteiger partial charge in [-0.3, -0.25) is 14.7 Å². The molecular formula is C18H24IN5O3. The van der Waals surface area contributed by atoms with E-state index in [1.165, 1.54) is 4.90 Å². The Morgan fingerprint density at radius 3 is 2.81 bits per heavy atom. The first kappa shape index (κ1) is 21.0. The largest absolute Gasteiger partial charge is 0.459 e. The molecule has 1 unspecified atom stereocenters. The fourth-order valence-electron chi connectivity index (χ4n) is 2.76. The zero-order valence-electron chi connectivity index (χ0n) is 15.3. The van der Waals surface area contributed by atoms with Gasteiger partial charge in [0.15, 0.2) is 5.96 Å². The molecule has 0 bridgehead atoms. The van der Waals surface area contributed by atoms with Crippen molar-refractivity contribution in [3.05, 3.63) is 36.1 Å². The number of fused-ring (bicyclic) bond motifs is 1. The first-order chi connectivity index (χ1) is 12.6. The second kappa shape index (κ2) is 9.58. The van der Waals surface area contributed by atoms with Gasteiger partial charge in [-0.2, -0.15) is 0 Å². The molecule has 0 aliphatic carbocycles. The number of halogens is 1. The van der Waals surface area contributed by atoms with Crippen LogP contribution in [0.3, 0.4) is 0 Å². The predicted molar refractivity (Wildman–Crippen MR) is 114 cm³/mol. The number of carbonyl (C=O) groups excluding carboxylic acids is 2. The van der Waals surface area contributed by atoms with Gasteiger partial charge in [0.05, 0.1) is 25.7 Å². The number of aliphatic imine (C=N–C) groups is 1. The van der Waals surface area contributed by atoms with Gasteiger partial charge in [0.1, 0.15) is 11.3 Å². The molecule has 27 heavy (non-hydrogen) atoms. The van der Waals surface area contributed by atoms with Crippen molar-refractivity contribution in [2.24, 2.45) is 4.99 Å². The minimum absolute atomic E-state index is 0. The first-order valence-electron chi connectivity index (χ1n) is 8.70. The zero-order chi connectivity index (χ0) is 18.5. The molecule has 8 nitrogen and oxygen atoms in total. The summed E-state index contributed by atoms with van der Waals surface area (Å²) in [4.78, 5) is 28.7. The van der Waals surface area contributed by atoms with Crippen molar-refractivity contribution in [1.82, 2.24) is 20.9 Å². The number of hydrogen-bond donors (Lipinski definition) is 3. The lowest BCUT2D eigenvalue weighted by Gasteiger charge is -2.17. The Bertz CT molecular complexity index is 786. The van der Waals surface area contributed by atoms with E-state index in [0.717, 1.165) is 16.7 Å². The molecule has 3 rings (SSSR count). The average molecular weight is 485 g/mol. The maximum absolute atomic E-state index is 11.6. The van der Waals surface area contributed by atoms with Gasteiger partial charge in [0.2, 0.25) is 5.91 Å². The third kappa shape index (κ3) is 5.12. The third-order valence-corrected chi connectivity index (χ3v) is 4.10. The first-order valence-corrected chi connectivity index (χ1v) is 8.70. The summed E-state index contributed by atoms with van der Waals surface area (Å²) in [5.41, 5.74) is 0.844. The average Bonchev–Trinajstić information content (AvgIpc) is 3.20. The van der Waals surface area contributed by atoms with Crippen LogP contribution in [0, 0.1) is 0 Å². The van der Waals surface area contributed by atoms with Crippen LogP contribution in [-0.2, 0) is 4.79 Å². The maximum atomic E-state index is 11.6. The van der Waals surface area contributed by atoms with Crippen LogP contribution in [-0.4, -0.2) is 49.0 Å². The van der Waals surface area contributed by atoms with E-state index in [2.05, 4.69) is 20.9 Å². The predicted octanol–water partition coefficient (Wildman–Crippen LogP) is 2.22. The molecule has 3 amide bonds. The Kier molecular flexibility index (Phi) is 7.45. The molecule has 1 aromatic heterocycles. The lowest BCUT2D eigenvalue weighted by molar-refractivity contribution is -0.124. The highest BCUT2D eigenvalue weighted by Crippen LogP contribution is 2.23. The normalized spacial score (nSPS) is 15.5. The number of guanidine groups is 1. The van der Waals surface area contributed by atoms with E-state index in [4.69, 9.17) is 4.42 Å².